The van der Waals surface area contributed by atoms with Crippen molar-refractivity contribution < 1.29 is 9.21 Å². The molecule has 17 heavy (non-hydrogen) atoms. The van der Waals surface area contributed by atoms with E-state index in [1.54, 1.807) is 0 Å². The SMILES string of the molecule is O=C(CN1CCCC1)c1cc2ccccc2o1. The highest BCUT2D eigenvalue weighted by molar-refractivity contribution is 5.98. The van der Waals surface area contributed by atoms with Gasteiger partial charge in [0, 0.05) is 5.39 Å². The molecule has 1 aromatic carbocycles. The van der Waals surface area contributed by atoms with Gasteiger partial charge in [-0.25, -0.2) is 0 Å². The molecule has 3 rings (SSSR count). The van der Waals surface area contributed by atoms with E-state index >= 15 is 0 Å². The van der Waals surface area contributed by atoms with Crippen LogP contribution < -0.4 is 0 Å². The second kappa shape index (κ2) is 4.34. The van der Waals surface area contributed by atoms with Crippen molar-refractivity contribution in [3.05, 3.63) is 36.1 Å². The van der Waals surface area contributed by atoms with Gasteiger partial charge in [0.25, 0.3) is 0 Å². The van der Waals surface area contributed by atoms with Crippen molar-refractivity contribution >= 4 is 16.8 Å². The molecule has 0 saturated carbocycles. The fourth-order valence-electron chi connectivity index (χ4n) is 2.34. The van der Waals surface area contributed by atoms with Crippen LogP contribution in [-0.2, 0) is 0 Å². The minimum atomic E-state index is 0.0862. The first kappa shape index (κ1) is 10.5. The van der Waals surface area contributed by atoms with Crippen molar-refractivity contribution in [3.8, 4) is 0 Å². The van der Waals surface area contributed by atoms with Crippen molar-refractivity contribution in [2.75, 3.05) is 19.6 Å². The Morgan fingerprint density at radius 1 is 1.24 bits per heavy atom. The average molecular weight is 229 g/mol. The molecular formula is C14H15NO2. The third-order valence-electron chi connectivity index (χ3n) is 3.27. The molecule has 1 fully saturated rings. The molecule has 0 spiro atoms. The molecule has 3 heteroatoms. The number of furan rings is 1. The summed E-state index contributed by atoms with van der Waals surface area (Å²) in [6, 6.07) is 9.56. The Balaban J connectivity index is 1.80. The van der Waals surface area contributed by atoms with Gasteiger partial charge in [0.15, 0.2) is 5.76 Å². The van der Waals surface area contributed by atoms with Gasteiger partial charge in [0.1, 0.15) is 5.58 Å². The lowest BCUT2D eigenvalue weighted by atomic mass is 10.2. The van der Waals surface area contributed by atoms with E-state index in [0.29, 0.717) is 12.3 Å². The highest BCUT2D eigenvalue weighted by atomic mass is 16.3. The highest BCUT2D eigenvalue weighted by Crippen LogP contribution is 2.19. The molecule has 0 aliphatic carbocycles. The summed E-state index contributed by atoms with van der Waals surface area (Å²) in [4.78, 5) is 14.2. The van der Waals surface area contributed by atoms with Crippen LogP contribution in [0.25, 0.3) is 11.0 Å². The summed E-state index contributed by atoms with van der Waals surface area (Å²) in [5.41, 5.74) is 0.789. The molecule has 0 bridgehead atoms. The van der Waals surface area contributed by atoms with Crippen LogP contribution in [0.5, 0.6) is 0 Å². The Kier molecular flexibility index (Phi) is 2.69. The molecule has 2 heterocycles. The van der Waals surface area contributed by atoms with Crippen molar-refractivity contribution in [2.24, 2.45) is 0 Å². The summed E-state index contributed by atoms with van der Waals surface area (Å²) < 4.78 is 5.56. The van der Waals surface area contributed by atoms with Crippen LogP contribution >= 0.6 is 0 Å². The number of carbonyl (C=O) groups excluding carboxylic acids is 1. The summed E-state index contributed by atoms with van der Waals surface area (Å²) >= 11 is 0. The summed E-state index contributed by atoms with van der Waals surface area (Å²) in [5.74, 6) is 0.571. The monoisotopic (exact) mass is 229 g/mol. The molecular weight excluding hydrogens is 214 g/mol. The Bertz CT molecular complexity index is 505. The first-order valence-corrected chi connectivity index (χ1v) is 6.07. The van der Waals surface area contributed by atoms with Gasteiger partial charge in [0.2, 0.25) is 5.78 Å². The first-order valence-electron chi connectivity index (χ1n) is 6.07. The van der Waals surface area contributed by atoms with E-state index in [2.05, 4.69) is 4.90 Å². The van der Waals surface area contributed by atoms with E-state index in [-0.39, 0.29) is 5.78 Å². The Morgan fingerprint density at radius 3 is 2.76 bits per heavy atom. The summed E-state index contributed by atoms with van der Waals surface area (Å²) in [6.07, 6.45) is 2.40. The molecule has 0 N–H and O–H groups in total. The van der Waals surface area contributed by atoms with Crippen molar-refractivity contribution in [2.45, 2.75) is 12.8 Å². The fourth-order valence-corrected chi connectivity index (χ4v) is 2.34. The van der Waals surface area contributed by atoms with Crippen LogP contribution in [0.15, 0.2) is 34.7 Å². The van der Waals surface area contributed by atoms with Crippen LogP contribution in [0.4, 0.5) is 0 Å². The highest BCUT2D eigenvalue weighted by Gasteiger charge is 2.18. The fraction of sp³-hybridized carbons (Fsp3) is 0.357. The topological polar surface area (TPSA) is 33.5 Å². The Morgan fingerprint density at radius 2 is 2.00 bits per heavy atom. The normalized spacial score (nSPS) is 16.7. The quantitative estimate of drug-likeness (QED) is 0.759. The largest absolute Gasteiger partial charge is 0.453 e. The molecule has 1 saturated heterocycles. The van der Waals surface area contributed by atoms with Crippen molar-refractivity contribution in [1.82, 2.24) is 4.90 Å². The second-order valence-corrected chi connectivity index (χ2v) is 4.55. The zero-order chi connectivity index (χ0) is 11.7. The number of hydrogen-bond acceptors (Lipinski definition) is 3. The molecule has 0 unspecified atom stereocenters. The maximum absolute atomic E-state index is 12.0. The zero-order valence-corrected chi connectivity index (χ0v) is 9.69. The van der Waals surface area contributed by atoms with E-state index in [0.717, 1.165) is 24.1 Å². The number of para-hydroxylation sites is 1. The summed E-state index contributed by atoms with van der Waals surface area (Å²) in [7, 11) is 0. The smallest absolute Gasteiger partial charge is 0.211 e. The first-order chi connectivity index (χ1) is 8.33. The van der Waals surface area contributed by atoms with Gasteiger partial charge in [-0.1, -0.05) is 18.2 Å². The number of rotatable bonds is 3. The van der Waals surface area contributed by atoms with Gasteiger partial charge in [0.05, 0.1) is 6.54 Å². The van der Waals surface area contributed by atoms with E-state index < -0.39 is 0 Å². The van der Waals surface area contributed by atoms with Gasteiger partial charge in [-0.2, -0.15) is 0 Å². The summed E-state index contributed by atoms with van der Waals surface area (Å²) in [6.45, 7) is 2.55. The minimum Gasteiger partial charge on any atom is -0.453 e. The van der Waals surface area contributed by atoms with Crippen molar-refractivity contribution in [3.63, 3.8) is 0 Å². The minimum absolute atomic E-state index is 0.0862. The van der Waals surface area contributed by atoms with Crippen LogP contribution in [0, 0.1) is 0 Å². The maximum atomic E-state index is 12.0. The van der Waals surface area contributed by atoms with Gasteiger partial charge in [-0.3, -0.25) is 9.69 Å². The Hall–Kier alpha value is -1.61. The zero-order valence-electron chi connectivity index (χ0n) is 9.69. The Labute approximate surface area is 100 Å². The molecule has 1 aliphatic rings. The number of fused-ring (bicyclic) bond motifs is 1. The number of ketones is 1. The third-order valence-corrected chi connectivity index (χ3v) is 3.27. The van der Waals surface area contributed by atoms with Crippen LogP contribution in [-0.4, -0.2) is 30.3 Å². The second-order valence-electron chi connectivity index (χ2n) is 4.55. The number of hydrogen-bond donors (Lipinski definition) is 0. The maximum Gasteiger partial charge on any atom is 0.211 e. The molecule has 2 aromatic rings. The molecule has 0 atom stereocenters. The molecule has 88 valence electrons. The lowest BCUT2D eigenvalue weighted by Crippen LogP contribution is -2.26. The van der Waals surface area contributed by atoms with Crippen molar-refractivity contribution in [1.29, 1.82) is 0 Å². The molecule has 1 aromatic heterocycles. The predicted octanol–water partition coefficient (Wildman–Crippen LogP) is 2.71. The predicted molar refractivity (Wildman–Crippen MR) is 66.2 cm³/mol. The van der Waals surface area contributed by atoms with E-state index in [1.807, 2.05) is 30.3 Å². The lowest BCUT2D eigenvalue weighted by molar-refractivity contribution is 0.0920. The number of carbonyl (C=O) groups is 1. The number of likely N-dealkylation sites (tertiary alicyclic amines) is 1. The standard InChI is InChI=1S/C14H15NO2/c16-12(10-15-7-3-4-8-15)14-9-11-5-1-2-6-13(11)17-14/h1-2,5-6,9H,3-4,7-8,10H2. The van der Waals surface area contributed by atoms with E-state index in [9.17, 15) is 4.79 Å². The molecule has 1 aliphatic heterocycles. The number of nitrogens with zero attached hydrogens (tertiary/aromatic N) is 1. The van der Waals surface area contributed by atoms with Crippen LogP contribution in [0.3, 0.4) is 0 Å². The number of benzene rings is 1. The van der Waals surface area contributed by atoms with E-state index in [4.69, 9.17) is 4.42 Å². The van der Waals surface area contributed by atoms with Gasteiger partial charge < -0.3 is 4.42 Å². The average Bonchev–Trinajstić information content (AvgIpc) is 2.96. The van der Waals surface area contributed by atoms with Gasteiger partial charge in [-0.05, 0) is 38.1 Å². The van der Waals surface area contributed by atoms with Gasteiger partial charge >= 0.3 is 0 Å². The van der Waals surface area contributed by atoms with E-state index in [1.165, 1.54) is 12.8 Å². The molecule has 0 amide bonds. The van der Waals surface area contributed by atoms with Gasteiger partial charge in [-0.15, -0.1) is 0 Å². The molecule has 0 radical (unpaired) electrons. The number of Topliss-reactive ketones (excluding diaryl/α,β-unsaturated/α-hetero) is 1. The third kappa shape index (κ3) is 2.11. The molecule has 3 nitrogen and oxygen atoms in total. The lowest BCUT2D eigenvalue weighted by Gasteiger charge is -2.11. The van der Waals surface area contributed by atoms with Crippen LogP contribution in [0.1, 0.15) is 23.4 Å². The van der Waals surface area contributed by atoms with Crippen LogP contribution in [0.2, 0.25) is 0 Å². The summed E-state index contributed by atoms with van der Waals surface area (Å²) in [5, 5.41) is 0.997.